The van der Waals surface area contributed by atoms with Gasteiger partial charge in [0.1, 0.15) is 0 Å². The zero-order valence-corrected chi connectivity index (χ0v) is 14.0. The van der Waals surface area contributed by atoms with Gasteiger partial charge in [-0.15, -0.1) is 0 Å². The largest absolute Gasteiger partial charge is 0.369 e. The zero-order valence-electron chi connectivity index (χ0n) is 14.0. The minimum atomic E-state index is -0.113. The Labute approximate surface area is 143 Å². The van der Waals surface area contributed by atoms with Crippen LogP contribution in [0, 0.1) is 0 Å². The molecular weight excluding hydrogens is 300 g/mol. The molecule has 0 atom stereocenters. The molecule has 0 spiro atoms. The normalized spacial score (nSPS) is 15.3. The third-order valence-corrected chi connectivity index (χ3v) is 4.42. The Morgan fingerprint density at radius 1 is 1.08 bits per heavy atom. The first-order valence-corrected chi connectivity index (χ1v) is 8.29. The lowest BCUT2D eigenvalue weighted by Gasteiger charge is -2.34. The number of amides is 1. The van der Waals surface area contributed by atoms with Gasteiger partial charge in [0.05, 0.1) is 0 Å². The van der Waals surface area contributed by atoms with Gasteiger partial charge >= 0.3 is 0 Å². The highest BCUT2D eigenvalue weighted by Crippen LogP contribution is 2.20. The third kappa shape index (κ3) is 3.93. The zero-order chi connectivity index (χ0) is 16.9. The number of piperazine rings is 1. The van der Waals surface area contributed by atoms with Crippen molar-refractivity contribution in [1.82, 2.24) is 4.90 Å². The molecular formula is C19H24N4O. The second-order valence-electron chi connectivity index (χ2n) is 6.20. The molecule has 1 saturated heterocycles. The molecule has 3 N–H and O–H groups in total. The van der Waals surface area contributed by atoms with Gasteiger partial charge < -0.3 is 20.9 Å². The van der Waals surface area contributed by atoms with Crippen LogP contribution in [0.1, 0.15) is 15.9 Å². The highest BCUT2D eigenvalue weighted by atomic mass is 16.1. The molecule has 24 heavy (non-hydrogen) atoms. The number of nitrogens with two attached hydrogens (primary N) is 1. The van der Waals surface area contributed by atoms with Gasteiger partial charge in [-0.05, 0) is 49.0 Å². The van der Waals surface area contributed by atoms with Gasteiger partial charge in [-0.1, -0.05) is 12.1 Å². The summed E-state index contributed by atoms with van der Waals surface area (Å²) in [5, 5.41) is 2.94. The molecule has 1 aliphatic heterocycles. The molecule has 0 aromatic heterocycles. The topological polar surface area (TPSA) is 61.6 Å². The van der Waals surface area contributed by atoms with E-state index in [4.69, 9.17) is 5.73 Å². The maximum atomic E-state index is 12.3. The summed E-state index contributed by atoms with van der Waals surface area (Å²) in [5.41, 5.74) is 9.21. The highest BCUT2D eigenvalue weighted by molar-refractivity contribution is 6.04. The standard InChI is InChI=1S/C19H24N4O/c1-22-9-11-23(12-10-22)18-7-5-17(6-8-18)21-19(24)16-4-2-3-15(13-16)14-20/h2-8,13H,9-12,14,20H2,1H3,(H,21,24). The van der Waals surface area contributed by atoms with Crippen LogP contribution in [0.3, 0.4) is 0 Å². The smallest absolute Gasteiger partial charge is 0.255 e. The number of nitrogens with zero attached hydrogens (tertiary/aromatic N) is 2. The van der Waals surface area contributed by atoms with Gasteiger partial charge in [0, 0.05) is 49.7 Å². The van der Waals surface area contributed by atoms with E-state index in [1.54, 1.807) is 6.07 Å². The van der Waals surface area contributed by atoms with Crippen LogP contribution in [0.5, 0.6) is 0 Å². The van der Waals surface area contributed by atoms with E-state index in [1.165, 1.54) is 5.69 Å². The number of carbonyl (C=O) groups excluding carboxylic acids is 1. The van der Waals surface area contributed by atoms with Crippen LogP contribution in [-0.2, 0) is 6.54 Å². The van der Waals surface area contributed by atoms with Crippen LogP contribution in [-0.4, -0.2) is 44.0 Å². The van der Waals surface area contributed by atoms with Gasteiger partial charge in [0.2, 0.25) is 0 Å². The number of rotatable bonds is 4. The Hall–Kier alpha value is -2.37. The SMILES string of the molecule is CN1CCN(c2ccc(NC(=O)c3cccc(CN)c3)cc2)CC1. The Morgan fingerprint density at radius 2 is 1.79 bits per heavy atom. The Morgan fingerprint density at radius 3 is 2.46 bits per heavy atom. The Balaban J connectivity index is 1.64. The lowest BCUT2D eigenvalue weighted by Crippen LogP contribution is -2.44. The maximum absolute atomic E-state index is 12.3. The Bertz CT molecular complexity index is 691. The van der Waals surface area contributed by atoms with Crippen LogP contribution >= 0.6 is 0 Å². The molecule has 126 valence electrons. The molecule has 0 aliphatic carbocycles. The minimum absolute atomic E-state index is 0.113. The molecule has 1 heterocycles. The van der Waals surface area contributed by atoms with E-state index in [1.807, 2.05) is 30.3 Å². The first kappa shape index (κ1) is 16.5. The van der Waals surface area contributed by atoms with Crippen LogP contribution in [0.2, 0.25) is 0 Å². The monoisotopic (exact) mass is 324 g/mol. The number of carbonyl (C=O) groups is 1. The average molecular weight is 324 g/mol. The average Bonchev–Trinajstić information content (AvgIpc) is 2.63. The highest BCUT2D eigenvalue weighted by Gasteiger charge is 2.14. The van der Waals surface area contributed by atoms with Crippen molar-refractivity contribution in [1.29, 1.82) is 0 Å². The quantitative estimate of drug-likeness (QED) is 0.905. The molecule has 0 bridgehead atoms. The summed E-state index contributed by atoms with van der Waals surface area (Å²) in [6.07, 6.45) is 0. The van der Waals surface area contributed by atoms with Crippen molar-refractivity contribution < 1.29 is 4.79 Å². The number of benzene rings is 2. The number of nitrogens with one attached hydrogen (secondary N) is 1. The molecule has 0 saturated carbocycles. The molecule has 3 rings (SSSR count). The molecule has 1 aliphatic rings. The minimum Gasteiger partial charge on any atom is -0.369 e. The Kier molecular flexibility index (Phi) is 5.13. The van der Waals surface area contributed by atoms with Crippen LogP contribution in [0.4, 0.5) is 11.4 Å². The molecule has 2 aromatic rings. The molecule has 1 fully saturated rings. The molecule has 5 nitrogen and oxygen atoms in total. The summed E-state index contributed by atoms with van der Waals surface area (Å²) in [6.45, 7) is 4.66. The third-order valence-electron chi connectivity index (χ3n) is 4.42. The van der Waals surface area contributed by atoms with Crippen molar-refractivity contribution in [3.05, 3.63) is 59.7 Å². The van der Waals surface area contributed by atoms with E-state index in [9.17, 15) is 4.79 Å². The summed E-state index contributed by atoms with van der Waals surface area (Å²) in [7, 11) is 2.15. The van der Waals surface area contributed by atoms with Gasteiger partial charge in [-0.2, -0.15) is 0 Å². The summed E-state index contributed by atoms with van der Waals surface area (Å²) < 4.78 is 0. The van der Waals surface area contributed by atoms with E-state index >= 15 is 0 Å². The number of likely N-dealkylation sites (N-methyl/N-ethyl adjacent to an activating group) is 1. The van der Waals surface area contributed by atoms with E-state index in [0.29, 0.717) is 12.1 Å². The first-order chi connectivity index (χ1) is 11.7. The van der Waals surface area contributed by atoms with Crippen molar-refractivity contribution in [3.8, 4) is 0 Å². The van der Waals surface area contributed by atoms with Crippen molar-refractivity contribution in [2.24, 2.45) is 5.73 Å². The van der Waals surface area contributed by atoms with E-state index in [-0.39, 0.29) is 5.91 Å². The predicted molar refractivity (Wildman–Crippen MR) is 98.4 cm³/mol. The van der Waals surface area contributed by atoms with E-state index in [2.05, 4.69) is 34.3 Å². The summed E-state index contributed by atoms with van der Waals surface area (Å²) in [6, 6.07) is 15.4. The second kappa shape index (κ2) is 7.47. The fraction of sp³-hybridized carbons (Fsp3) is 0.316. The second-order valence-corrected chi connectivity index (χ2v) is 6.20. The van der Waals surface area contributed by atoms with Crippen molar-refractivity contribution in [2.45, 2.75) is 6.54 Å². The van der Waals surface area contributed by atoms with Gasteiger partial charge in [0.15, 0.2) is 0 Å². The van der Waals surface area contributed by atoms with Crippen molar-refractivity contribution in [3.63, 3.8) is 0 Å². The van der Waals surface area contributed by atoms with Gasteiger partial charge in [0.25, 0.3) is 5.91 Å². The number of hydrogen-bond acceptors (Lipinski definition) is 4. The lowest BCUT2D eigenvalue weighted by atomic mass is 10.1. The number of anilines is 2. The summed E-state index contributed by atoms with van der Waals surface area (Å²) in [5.74, 6) is -0.113. The molecule has 0 unspecified atom stereocenters. The lowest BCUT2D eigenvalue weighted by molar-refractivity contribution is 0.102. The van der Waals surface area contributed by atoms with Gasteiger partial charge in [-0.25, -0.2) is 0 Å². The van der Waals surface area contributed by atoms with Crippen LogP contribution in [0.25, 0.3) is 0 Å². The van der Waals surface area contributed by atoms with Crippen LogP contribution < -0.4 is 16.0 Å². The van der Waals surface area contributed by atoms with Crippen LogP contribution in [0.15, 0.2) is 48.5 Å². The van der Waals surface area contributed by atoms with E-state index in [0.717, 1.165) is 37.4 Å². The first-order valence-electron chi connectivity index (χ1n) is 8.29. The van der Waals surface area contributed by atoms with Gasteiger partial charge in [-0.3, -0.25) is 4.79 Å². The molecule has 1 amide bonds. The van der Waals surface area contributed by atoms with Crippen molar-refractivity contribution >= 4 is 17.3 Å². The maximum Gasteiger partial charge on any atom is 0.255 e. The predicted octanol–water partition coefficient (Wildman–Crippen LogP) is 2.15. The van der Waals surface area contributed by atoms with E-state index < -0.39 is 0 Å². The number of hydrogen-bond donors (Lipinski definition) is 2. The molecule has 5 heteroatoms. The molecule has 0 radical (unpaired) electrons. The fourth-order valence-corrected chi connectivity index (χ4v) is 2.86. The van der Waals surface area contributed by atoms with Crippen molar-refractivity contribution in [2.75, 3.05) is 43.4 Å². The summed E-state index contributed by atoms with van der Waals surface area (Å²) >= 11 is 0. The summed E-state index contributed by atoms with van der Waals surface area (Å²) in [4.78, 5) is 17.0. The fourth-order valence-electron chi connectivity index (χ4n) is 2.86. The molecule has 2 aromatic carbocycles.